The number of aliphatic carboxylic acids is 3. The molecule has 0 aliphatic rings. The van der Waals surface area contributed by atoms with Crippen molar-refractivity contribution in [3.63, 3.8) is 0 Å². The zero-order valence-corrected chi connectivity index (χ0v) is 15.8. The van der Waals surface area contributed by atoms with E-state index in [4.69, 9.17) is 10.2 Å². The molecule has 0 aliphatic heterocycles. The van der Waals surface area contributed by atoms with Crippen LogP contribution in [0.5, 0.6) is 0 Å². The SMILES string of the molecule is O=C([O-])CC(O)(OCC(=O)O)C(=O)[O-].[Na+].[Na+].[Na+]. The predicted molar refractivity (Wildman–Crippen MR) is 33.2 cm³/mol. The predicted octanol–water partition coefficient (Wildman–Crippen LogP) is -13.3. The summed E-state index contributed by atoms with van der Waals surface area (Å²) in [6.07, 6.45) is -1.41. The molecular formula is C6H6Na3O8+. The zero-order chi connectivity index (χ0) is 11.4. The van der Waals surface area contributed by atoms with E-state index in [0.29, 0.717) is 0 Å². The van der Waals surface area contributed by atoms with Crippen molar-refractivity contribution in [2.24, 2.45) is 0 Å². The normalized spacial score (nSPS) is 11.8. The summed E-state index contributed by atoms with van der Waals surface area (Å²) in [5.74, 6) is -8.91. The number of hydrogen-bond donors (Lipinski definition) is 2. The number of rotatable bonds is 6. The van der Waals surface area contributed by atoms with E-state index in [1.54, 1.807) is 0 Å². The number of hydrogen-bond acceptors (Lipinski definition) is 7. The van der Waals surface area contributed by atoms with E-state index in [1.807, 2.05) is 0 Å². The van der Waals surface area contributed by atoms with Crippen LogP contribution in [0.1, 0.15) is 6.42 Å². The summed E-state index contributed by atoms with van der Waals surface area (Å²) in [5.41, 5.74) is 0. The first-order valence-electron chi connectivity index (χ1n) is 3.27. The van der Waals surface area contributed by atoms with Gasteiger partial charge in [0.15, 0.2) is 0 Å². The minimum absolute atomic E-state index is 0. The molecule has 0 aromatic rings. The van der Waals surface area contributed by atoms with Gasteiger partial charge in [0.05, 0.1) is 0 Å². The molecule has 0 aliphatic carbocycles. The van der Waals surface area contributed by atoms with Crippen molar-refractivity contribution in [2.75, 3.05) is 6.61 Å². The van der Waals surface area contributed by atoms with Crippen LogP contribution in [0.3, 0.4) is 0 Å². The number of ether oxygens (including phenoxy) is 1. The summed E-state index contributed by atoms with van der Waals surface area (Å²) < 4.78 is 3.94. The van der Waals surface area contributed by atoms with Crippen LogP contribution in [0.15, 0.2) is 0 Å². The fraction of sp³-hybridized carbons (Fsp3) is 0.500. The Bertz CT molecular complexity index is 270. The maximum absolute atomic E-state index is 10.2. The van der Waals surface area contributed by atoms with E-state index in [2.05, 4.69) is 4.74 Å². The number of carbonyl (C=O) groups is 3. The molecule has 0 saturated heterocycles. The minimum atomic E-state index is -3.18. The fourth-order valence-corrected chi connectivity index (χ4v) is 0.559. The van der Waals surface area contributed by atoms with E-state index in [0.717, 1.165) is 0 Å². The topological polar surface area (TPSA) is 147 Å². The van der Waals surface area contributed by atoms with Gasteiger partial charge in [-0.1, -0.05) is 0 Å². The molecule has 0 amide bonds. The monoisotopic (exact) mass is 275 g/mol. The number of carboxylic acids is 3. The van der Waals surface area contributed by atoms with Gasteiger partial charge in [-0.2, -0.15) is 0 Å². The molecule has 0 saturated carbocycles. The summed E-state index contributed by atoms with van der Waals surface area (Å²) in [5, 5.41) is 37.2. The smallest absolute Gasteiger partial charge is 0.550 e. The van der Waals surface area contributed by atoms with Gasteiger partial charge in [-0.05, 0) is 0 Å². The van der Waals surface area contributed by atoms with E-state index in [1.165, 1.54) is 0 Å². The molecule has 0 rings (SSSR count). The first-order chi connectivity index (χ1) is 6.28. The molecule has 0 radical (unpaired) electrons. The Hall–Kier alpha value is 1.33. The molecule has 80 valence electrons. The number of carbonyl (C=O) groups excluding carboxylic acids is 2. The fourth-order valence-electron chi connectivity index (χ4n) is 0.559. The quantitative estimate of drug-likeness (QED) is 0.358. The third kappa shape index (κ3) is 12.1. The Morgan fingerprint density at radius 1 is 1.12 bits per heavy atom. The average molecular weight is 275 g/mol. The van der Waals surface area contributed by atoms with Crippen LogP contribution in [0, 0.1) is 0 Å². The van der Waals surface area contributed by atoms with Gasteiger partial charge in [0.2, 0.25) is 5.79 Å². The van der Waals surface area contributed by atoms with Crippen molar-refractivity contribution < 1.29 is 128 Å². The van der Waals surface area contributed by atoms with Gasteiger partial charge in [-0.25, -0.2) is 4.79 Å². The Kier molecular flexibility index (Phi) is 19.5. The third-order valence-electron chi connectivity index (χ3n) is 1.14. The summed E-state index contributed by atoms with van der Waals surface area (Å²) in [4.78, 5) is 30.1. The Labute approximate surface area is 163 Å². The molecular weight excluding hydrogens is 269 g/mol. The van der Waals surface area contributed by atoms with Gasteiger partial charge < -0.3 is 34.8 Å². The van der Waals surface area contributed by atoms with Crippen molar-refractivity contribution in [3.05, 3.63) is 0 Å². The summed E-state index contributed by atoms with van der Waals surface area (Å²) in [6, 6.07) is 0. The second-order valence-electron chi connectivity index (χ2n) is 2.30. The Morgan fingerprint density at radius 3 is 1.76 bits per heavy atom. The van der Waals surface area contributed by atoms with Gasteiger partial charge in [0.25, 0.3) is 0 Å². The van der Waals surface area contributed by atoms with Crippen LogP contribution < -0.4 is 98.9 Å². The van der Waals surface area contributed by atoms with E-state index < -0.39 is 36.7 Å². The van der Waals surface area contributed by atoms with Crippen LogP contribution in [-0.2, 0) is 19.1 Å². The first kappa shape index (κ1) is 26.8. The molecule has 8 nitrogen and oxygen atoms in total. The van der Waals surface area contributed by atoms with E-state index >= 15 is 0 Å². The Balaban J connectivity index is -0.000000282. The van der Waals surface area contributed by atoms with E-state index in [9.17, 15) is 24.6 Å². The summed E-state index contributed by atoms with van der Waals surface area (Å²) in [6.45, 7) is -1.17. The number of carboxylic acid groups (broad SMARTS) is 3. The summed E-state index contributed by atoms with van der Waals surface area (Å²) in [7, 11) is 0. The maximum Gasteiger partial charge on any atom is 1.00 e. The van der Waals surface area contributed by atoms with Crippen molar-refractivity contribution in [3.8, 4) is 0 Å². The van der Waals surface area contributed by atoms with Gasteiger partial charge in [0, 0.05) is 12.4 Å². The van der Waals surface area contributed by atoms with E-state index in [-0.39, 0.29) is 88.7 Å². The van der Waals surface area contributed by atoms with Gasteiger partial charge in [-0.3, -0.25) is 0 Å². The molecule has 1 unspecified atom stereocenters. The summed E-state index contributed by atoms with van der Waals surface area (Å²) >= 11 is 0. The second kappa shape index (κ2) is 12.4. The molecule has 0 fully saturated rings. The zero-order valence-electron chi connectivity index (χ0n) is 9.76. The molecule has 17 heavy (non-hydrogen) atoms. The van der Waals surface area contributed by atoms with Crippen molar-refractivity contribution in [1.29, 1.82) is 0 Å². The number of aliphatic hydroxyl groups is 1. The molecule has 0 aromatic heterocycles. The van der Waals surface area contributed by atoms with Gasteiger partial charge >= 0.3 is 94.6 Å². The molecule has 1 atom stereocenters. The molecule has 11 heteroatoms. The van der Waals surface area contributed by atoms with Crippen LogP contribution in [-0.4, -0.2) is 40.5 Å². The first-order valence-corrected chi connectivity index (χ1v) is 3.27. The van der Waals surface area contributed by atoms with Crippen molar-refractivity contribution >= 4 is 17.9 Å². The van der Waals surface area contributed by atoms with Gasteiger partial charge in [-0.15, -0.1) is 0 Å². The van der Waals surface area contributed by atoms with Crippen LogP contribution >= 0.6 is 0 Å². The van der Waals surface area contributed by atoms with Crippen LogP contribution in [0.2, 0.25) is 0 Å². The Morgan fingerprint density at radius 2 is 1.53 bits per heavy atom. The third-order valence-corrected chi connectivity index (χ3v) is 1.14. The van der Waals surface area contributed by atoms with Crippen LogP contribution in [0.4, 0.5) is 0 Å². The molecule has 0 bridgehead atoms. The minimum Gasteiger partial charge on any atom is -0.550 e. The largest absolute Gasteiger partial charge is 1.00 e. The van der Waals surface area contributed by atoms with Crippen LogP contribution in [0.25, 0.3) is 0 Å². The second-order valence-corrected chi connectivity index (χ2v) is 2.30. The maximum atomic E-state index is 10.2. The van der Waals surface area contributed by atoms with Crippen molar-refractivity contribution in [1.82, 2.24) is 0 Å². The van der Waals surface area contributed by atoms with Crippen molar-refractivity contribution in [2.45, 2.75) is 12.2 Å². The molecule has 0 spiro atoms. The average Bonchev–Trinajstić information content (AvgIpc) is 1.99. The standard InChI is InChI=1S/C6H8O8.3Na/c7-3(8)1-6(13,5(11)12)14-2-4(9)10;;;/h13H,1-2H2,(H,7,8)(H,9,10)(H,11,12);;;/q;3*+1/p-2. The molecule has 2 N–H and O–H groups in total. The molecule has 0 aromatic carbocycles. The van der Waals surface area contributed by atoms with Gasteiger partial charge in [0.1, 0.15) is 12.6 Å². The molecule has 0 heterocycles.